The molecule has 1 aromatic rings. The number of anilines is 1. The Bertz CT molecular complexity index is 417. The van der Waals surface area contributed by atoms with Gasteiger partial charge in [-0.2, -0.15) is 5.10 Å². The second-order valence-electron chi connectivity index (χ2n) is 4.13. The third-order valence-corrected chi connectivity index (χ3v) is 2.61. The molecule has 0 saturated heterocycles. The quantitative estimate of drug-likeness (QED) is 0.633. The third kappa shape index (κ3) is 3.44. The predicted octanol–water partition coefficient (Wildman–Crippen LogP) is -0.562. The number of aromatic nitrogens is 2. The van der Waals surface area contributed by atoms with Crippen LogP contribution in [0.4, 0.5) is 5.69 Å². The second kappa shape index (κ2) is 6.36. The fourth-order valence-electron chi connectivity index (χ4n) is 1.66. The van der Waals surface area contributed by atoms with Crippen LogP contribution in [0.15, 0.2) is 0 Å². The molecular formula is C11H20N4O3. The van der Waals surface area contributed by atoms with Crippen molar-refractivity contribution in [2.24, 2.45) is 7.05 Å². The Morgan fingerprint density at radius 3 is 2.83 bits per heavy atom. The van der Waals surface area contributed by atoms with Gasteiger partial charge in [-0.25, -0.2) is 0 Å². The zero-order valence-corrected chi connectivity index (χ0v) is 10.9. The summed E-state index contributed by atoms with van der Waals surface area (Å²) in [5.41, 5.74) is 7.12. The van der Waals surface area contributed by atoms with E-state index in [9.17, 15) is 9.90 Å². The zero-order chi connectivity index (χ0) is 13.7. The number of amides is 1. The van der Waals surface area contributed by atoms with Gasteiger partial charge in [-0.05, 0) is 13.3 Å². The van der Waals surface area contributed by atoms with Crippen molar-refractivity contribution in [3.05, 3.63) is 11.4 Å². The molecule has 0 spiro atoms. The van der Waals surface area contributed by atoms with Gasteiger partial charge in [0.2, 0.25) is 0 Å². The highest BCUT2D eigenvalue weighted by Crippen LogP contribution is 2.14. The maximum atomic E-state index is 11.9. The summed E-state index contributed by atoms with van der Waals surface area (Å²) >= 11 is 0. The van der Waals surface area contributed by atoms with Crippen LogP contribution >= 0.6 is 0 Å². The van der Waals surface area contributed by atoms with Crippen molar-refractivity contribution < 1.29 is 14.6 Å². The standard InChI is InChI=1S/C11H20N4O3/c1-7-9(12)10(15(2)14-7)11(17)13-5-4-8(16)6-18-3/h8,16H,4-6,12H2,1-3H3,(H,13,17). The molecule has 102 valence electrons. The van der Waals surface area contributed by atoms with Crippen LogP contribution in [0.3, 0.4) is 0 Å². The molecule has 1 amide bonds. The summed E-state index contributed by atoms with van der Waals surface area (Å²) in [5.74, 6) is -0.291. The van der Waals surface area contributed by atoms with Gasteiger partial charge in [0.15, 0.2) is 0 Å². The van der Waals surface area contributed by atoms with Gasteiger partial charge in [-0.3, -0.25) is 9.48 Å². The topological polar surface area (TPSA) is 102 Å². The number of nitrogen functional groups attached to an aromatic ring is 1. The highest BCUT2D eigenvalue weighted by molar-refractivity contribution is 5.97. The second-order valence-corrected chi connectivity index (χ2v) is 4.13. The minimum absolute atomic E-state index is 0.253. The lowest BCUT2D eigenvalue weighted by Crippen LogP contribution is -2.30. The number of ether oxygens (including phenoxy) is 1. The number of carbonyl (C=O) groups is 1. The van der Waals surface area contributed by atoms with Crippen molar-refractivity contribution in [1.29, 1.82) is 0 Å². The average molecular weight is 256 g/mol. The van der Waals surface area contributed by atoms with Crippen LogP contribution in [0.25, 0.3) is 0 Å². The number of hydrogen-bond acceptors (Lipinski definition) is 5. The normalized spacial score (nSPS) is 12.4. The molecule has 7 nitrogen and oxygen atoms in total. The van der Waals surface area contributed by atoms with Crippen molar-refractivity contribution in [3.63, 3.8) is 0 Å². The Hall–Kier alpha value is -1.60. The van der Waals surface area contributed by atoms with E-state index in [4.69, 9.17) is 10.5 Å². The molecule has 1 unspecified atom stereocenters. The number of nitrogens with two attached hydrogens (primary N) is 1. The lowest BCUT2D eigenvalue weighted by molar-refractivity contribution is 0.0587. The molecule has 0 aliphatic carbocycles. The summed E-state index contributed by atoms with van der Waals surface area (Å²) in [4.78, 5) is 11.9. The summed E-state index contributed by atoms with van der Waals surface area (Å²) in [7, 11) is 3.18. The summed E-state index contributed by atoms with van der Waals surface area (Å²) < 4.78 is 6.24. The molecule has 0 saturated carbocycles. The Kier molecular flexibility index (Phi) is 5.11. The van der Waals surface area contributed by atoms with E-state index in [2.05, 4.69) is 10.4 Å². The van der Waals surface area contributed by atoms with Crippen molar-refractivity contribution in [2.75, 3.05) is 26.0 Å². The highest BCUT2D eigenvalue weighted by Gasteiger charge is 2.17. The molecule has 1 heterocycles. The molecule has 0 aliphatic rings. The van der Waals surface area contributed by atoms with Gasteiger partial charge in [-0.1, -0.05) is 0 Å². The maximum absolute atomic E-state index is 11.9. The van der Waals surface area contributed by atoms with Crippen LogP contribution in [0, 0.1) is 6.92 Å². The van der Waals surface area contributed by atoms with Crippen molar-refractivity contribution in [1.82, 2.24) is 15.1 Å². The first-order chi connectivity index (χ1) is 8.47. The molecule has 0 fully saturated rings. The summed E-state index contributed by atoms with van der Waals surface area (Å²) in [6.07, 6.45) is -0.156. The van der Waals surface area contributed by atoms with Gasteiger partial charge in [0.25, 0.3) is 5.91 Å². The van der Waals surface area contributed by atoms with Crippen LogP contribution in [0.2, 0.25) is 0 Å². The monoisotopic (exact) mass is 256 g/mol. The Morgan fingerprint density at radius 1 is 1.67 bits per heavy atom. The first-order valence-corrected chi connectivity index (χ1v) is 5.71. The lowest BCUT2D eigenvalue weighted by Gasteiger charge is -2.10. The molecule has 18 heavy (non-hydrogen) atoms. The lowest BCUT2D eigenvalue weighted by atomic mass is 10.2. The minimum atomic E-state index is -0.582. The number of carbonyl (C=O) groups excluding carboxylic acids is 1. The number of methoxy groups -OCH3 is 1. The van der Waals surface area contributed by atoms with Crippen LogP contribution in [0.5, 0.6) is 0 Å². The number of nitrogens with one attached hydrogen (secondary N) is 1. The SMILES string of the molecule is COCC(O)CCNC(=O)c1c(N)c(C)nn1C. The van der Waals surface area contributed by atoms with E-state index in [0.29, 0.717) is 30.0 Å². The van der Waals surface area contributed by atoms with Gasteiger partial charge in [-0.15, -0.1) is 0 Å². The molecule has 4 N–H and O–H groups in total. The number of nitrogens with zero attached hydrogens (tertiary/aromatic N) is 2. The number of hydrogen-bond donors (Lipinski definition) is 3. The molecule has 0 bridgehead atoms. The van der Waals surface area contributed by atoms with E-state index in [0.717, 1.165) is 0 Å². The number of rotatable bonds is 6. The smallest absolute Gasteiger partial charge is 0.271 e. The van der Waals surface area contributed by atoms with Crippen molar-refractivity contribution in [2.45, 2.75) is 19.4 Å². The molecular weight excluding hydrogens is 236 g/mol. The van der Waals surface area contributed by atoms with E-state index in [1.807, 2.05) is 0 Å². The van der Waals surface area contributed by atoms with E-state index >= 15 is 0 Å². The first kappa shape index (κ1) is 14.5. The van der Waals surface area contributed by atoms with E-state index in [1.54, 1.807) is 14.0 Å². The van der Waals surface area contributed by atoms with Crippen molar-refractivity contribution in [3.8, 4) is 0 Å². The summed E-state index contributed by atoms with van der Waals surface area (Å²) in [6, 6.07) is 0. The Balaban J connectivity index is 2.51. The maximum Gasteiger partial charge on any atom is 0.271 e. The Labute approximate surface area is 106 Å². The molecule has 0 radical (unpaired) electrons. The van der Waals surface area contributed by atoms with Gasteiger partial charge in [0, 0.05) is 20.7 Å². The fraction of sp³-hybridized carbons (Fsp3) is 0.636. The molecule has 7 heteroatoms. The number of aliphatic hydroxyl groups excluding tert-OH is 1. The van der Waals surface area contributed by atoms with Gasteiger partial charge in [0.1, 0.15) is 5.69 Å². The third-order valence-electron chi connectivity index (χ3n) is 2.61. The average Bonchev–Trinajstić information content (AvgIpc) is 2.53. The first-order valence-electron chi connectivity index (χ1n) is 5.71. The number of aryl methyl sites for hydroxylation is 2. The van der Waals surface area contributed by atoms with Gasteiger partial charge in [0.05, 0.1) is 24.1 Å². The largest absolute Gasteiger partial charge is 0.395 e. The molecule has 0 aromatic carbocycles. The fourth-order valence-corrected chi connectivity index (χ4v) is 1.66. The van der Waals surface area contributed by atoms with Crippen molar-refractivity contribution >= 4 is 11.6 Å². The van der Waals surface area contributed by atoms with E-state index in [-0.39, 0.29) is 12.5 Å². The van der Waals surface area contributed by atoms with Crippen LogP contribution in [-0.2, 0) is 11.8 Å². The predicted molar refractivity (Wildman–Crippen MR) is 67.2 cm³/mol. The molecule has 1 aromatic heterocycles. The molecule has 1 rings (SSSR count). The molecule has 0 aliphatic heterocycles. The summed E-state index contributed by atoms with van der Waals surface area (Å²) in [6.45, 7) is 2.35. The van der Waals surface area contributed by atoms with Crippen LogP contribution in [-0.4, -0.2) is 47.2 Å². The molecule has 1 atom stereocenters. The minimum Gasteiger partial charge on any atom is -0.395 e. The summed E-state index contributed by atoms with van der Waals surface area (Å²) in [5, 5.41) is 16.2. The van der Waals surface area contributed by atoms with Crippen LogP contribution < -0.4 is 11.1 Å². The number of aliphatic hydroxyl groups is 1. The zero-order valence-electron chi connectivity index (χ0n) is 10.9. The van der Waals surface area contributed by atoms with Gasteiger partial charge < -0.3 is 20.9 Å². The van der Waals surface area contributed by atoms with Gasteiger partial charge >= 0.3 is 0 Å². The van der Waals surface area contributed by atoms with Crippen LogP contribution in [0.1, 0.15) is 22.6 Å². The Morgan fingerprint density at radius 2 is 2.33 bits per heavy atom. The highest BCUT2D eigenvalue weighted by atomic mass is 16.5. The van der Waals surface area contributed by atoms with E-state index in [1.165, 1.54) is 11.8 Å². The van der Waals surface area contributed by atoms with E-state index < -0.39 is 6.10 Å².